The summed E-state index contributed by atoms with van der Waals surface area (Å²) in [6.07, 6.45) is 0. The van der Waals surface area contributed by atoms with Gasteiger partial charge in [-0.15, -0.1) is 5.10 Å². The summed E-state index contributed by atoms with van der Waals surface area (Å²) in [5, 5.41) is 3.98. The van der Waals surface area contributed by atoms with Crippen molar-refractivity contribution >= 4 is 23.1 Å². The molecule has 0 radical (unpaired) electrons. The van der Waals surface area contributed by atoms with Gasteiger partial charge in [0.1, 0.15) is 15.8 Å². The van der Waals surface area contributed by atoms with Gasteiger partial charge in [-0.25, -0.2) is 4.39 Å². The van der Waals surface area contributed by atoms with Gasteiger partial charge in [0.2, 0.25) is 0 Å². The molecule has 0 aliphatic heterocycles. The minimum absolute atomic E-state index is 0.156. The summed E-state index contributed by atoms with van der Waals surface area (Å²) in [6.45, 7) is 2.68. The van der Waals surface area contributed by atoms with Gasteiger partial charge < -0.3 is 0 Å². The Labute approximate surface area is 114 Å². The number of nitrogens with zero attached hydrogens (tertiary/aromatic N) is 3. The molecule has 6 heteroatoms. The van der Waals surface area contributed by atoms with E-state index in [2.05, 4.69) is 21.4 Å². The minimum atomic E-state index is -0.222. The molecule has 0 amide bonds. The SMILES string of the molecule is C[C@H](c1ccc(F)cc1)N(C)Cc1nnsc1Cl. The fraction of sp³-hybridized carbons (Fsp3) is 0.333. The van der Waals surface area contributed by atoms with Gasteiger partial charge in [0.05, 0.1) is 0 Å². The summed E-state index contributed by atoms with van der Waals surface area (Å²) >= 11 is 7.16. The minimum Gasteiger partial charge on any atom is -0.294 e. The highest BCUT2D eigenvalue weighted by Crippen LogP contribution is 2.24. The van der Waals surface area contributed by atoms with E-state index in [1.165, 1.54) is 23.7 Å². The Morgan fingerprint density at radius 1 is 1.39 bits per heavy atom. The zero-order chi connectivity index (χ0) is 13.1. The quantitative estimate of drug-likeness (QED) is 0.861. The van der Waals surface area contributed by atoms with Crippen molar-refractivity contribution in [3.05, 3.63) is 45.7 Å². The van der Waals surface area contributed by atoms with Gasteiger partial charge in [0, 0.05) is 24.1 Å². The van der Waals surface area contributed by atoms with Crippen molar-refractivity contribution in [2.24, 2.45) is 0 Å². The van der Waals surface area contributed by atoms with E-state index in [0.29, 0.717) is 10.9 Å². The summed E-state index contributed by atoms with van der Waals surface area (Å²) in [7, 11) is 1.98. The molecular weight excluding hydrogens is 273 g/mol. The molecule has 1 aromatic carbocycles. The molecule has 1 atom stereocenters. The molecule has 3 nitrogen and oxygen atoms in total. The number of hydrogen-bond acceptors (Lipinski definition) is 4. The van der Waals surface area contributed by atoms with Crippen LogP contribution in [0, 0.1) is 5.82 Å². The zero-order valence-electron chi connectivity index (χ0n) is 10.1. The Hall–Kier alpha value is -1.04. The van der Waals surface area contributed by atoms with Crippen LogP contribution in [-0.2, 0) is 6.54 Å². The van der Waals surface area contributed by atoms with Crippen LogP contribution in [-0.4, -0.2) is 21.5 Å². The molecule has 0 N–H and O–H groups in total. The molecule has 2 aromatic rings. The molecule has 0 unspecified atom stereocenters. The van der Waals surface area contributed by atoms with Crippen molar-refractivity contribution in [3.63, 3.8) is 0 Å². The van der Waals surface area contributed by atoms with Crippen molar-refractivity contribution in [1.29, 1.82) is 0 Å². The molecule has 0 aliphatic carbocycles. The van der Waals surface area contributed by atoms with E-state index >= 15 is 0 Å². The summed E-state index contributed by atoms with van der Waals surface area (Å²) in [5.74, 6) is -0.222. The normalized spacial score (nSPS) is 12.9. The molecule has 2 rings (SSSR count). The van der Waals surface area contributed by atoms with Crippen molar-refractivity contribution in [3.8, 4) is 0 Å². The predicted octanol–water partition coefficient (Wildman–Crippen LogP) is 3.52. The standard InChI is InChI=1S/C12H13ClFN3S/c1-8(9-3-5-10(14)6-4-9)17(2)7-11-12(13)18-16-15-11/h3-6,8H,7H2,1-2H3/t8-/m1/s1. The van der Waals surface area contributed by atoms with E-state index in [9.17, 15) is 4.39 Å². The Morgan fingerprint density at radius 2 is 2.06 bits per heavy atom. The van der Waals surface area contributed by atoms with Crippen LogP contribution in [0.1, 0.15) is 24.2 Å². The maximum atomic E-state index is 12.9. The third-order valence-corrected chi connectivity index (χ3v) is 3.91. The molecule has 1 heterocycles. The molecule has 0 saturated heterocycles. The average molecular weight is 286 g/mol. The van der Waals surface area contributed by atoms with E-state index < -0.39 is 0 Å². The highest BCUT2D eigenvalue weighted by molar-refractivity contribution is 7.10. The number of benzene rings is 1. The molecule has 18 heavy (non-hydrogen) atoms. The van der Waals surface area contributed by atoms with Crippen LogP contribution in [0.4, 0.5) is 4.39 Å². The Kier molecular flexibility index (Phi) is 4.27. The van der Waals surface area contributed by atoms with Gasteiger partial charge >= 0.3 is 0 Å². The fourth-order valence-corrected chi connectivity index (χ4v) is 2.27. The third kappa shape index (κ3) is 3.04. The summed E-state index contributed by atoms with van der Waals surface area (Å²) in [4.78, 5) is 2.09. The van der Waals surface area contributed by atoms with Crippen molar-refractivity contribution < 1.29 is 4.39 Å². The maximum Gasteiger partial charge on any atom is 0.138 e. The van der Waals surface area contributed by atoms with E-state index in [0.717, 1.165) is 11.3 Å². The summed E-state index contributed by atoms with van der Waals surface area (Å²) in [6, 6.07) is 6.67. The van der Waals surface area contributed by atoms with Gasteiger partial charge in [0.25, 0.3) is 0 Å². The Balaban J connectivity index is 2.07. The predicted molar refractivity (Wildman–Crippen MR) is 71.2 cm³/mol. The topological polar surface area (TPSA) is 29.0 Å². The lowest BCUT2D eigenvalue weighted by atomic mass is 10.1. The van der Waals surface area contributed by atoms with Crippen LogP contribution in [0.15, 0.2) is 24.3 Å². The summed E-state index contributed by atoms with van der Waals surface area (Å²) in [5.41, 5.74) is 1.83. The Bertz CT molecular complexity index is 514. The smallest absolute Gasteiger partial charge is 0.138 e. The fourth-order valence-electron chi connectivity index (χ4n) is 1.66. The summed E-state index contributed by atoms with van der Waals surface area (Å²) < 4.78 is 17.3. The van der Waals surface area contributed by atoms with Gasteiger partial charge in [-0.05, 0) is 31.7 Å². The number of halogens is 2. The van der Waals surface area contributed by atoms with Crippen LogP contribution >= 0.6 is 23.1 Å². The first-order valence-corrected chi connectivity index (χ1v) is 6.65. The van der Waals surface area contributed by atoms with Gasteiger partial charge in [-0.3, -0.25) is 4.90 Å². The second-order valence-corrected chi connectivity index (χ2v) is 5.49. The number of rotatable bonds is 4. The Morgan fingerprint density at radius 3 is 2.61 bits per heavy atom. The third-order valence-electron chi connectivity index (χ3n) is 2.92. The first kappa shape index (κ1) is 13.4. The highest BCUT2D eigenvalue weighted by atomic mass is 35.5. The van der Waals surface area contributed by atoms with Crippen LogP contribution in [0.3, 0.4) is 0 Å². The monoisotopic (exact) mass is 285 g/mol. The first-order valence-electron chi connectivity index (χ1n) is 5.50. The zero-order valence-corrected chi connectivity index (χ0v) is 11.7. The lowest BCUT2D eigenvalue weighted by Gasteiger charge is -2.24. The van der Waals surface area contributed by atoms with Crippen molar-refractivity contribution in [1.82, 2.24) is 14.5 Å². The molecule has 0 spiro atoms. The van der Waals surface area contributed by atoms with Gasteiger partial charge in [-0.1, -0.05) is 28.2 Å². The lowest BCUT2D eigenvalue weighted by Crippen LogP contribution is -2.22. The molecule has 0 aliphatic rings. The van der Waals surface area contributed by atoms with Crippen molar-refractivity contribution in [2.75, 3.05) is 7.05 Å². The second kappa shape index (κ2) is 5.73. The molecule has 0 bridgehead atoms. The highest BCUT2D eigenvalue weighted by Gasteiger charge is 2.15. The average Bonchev–Trinajstić information content (AvgIpc) is 2.75. The van der Waals surface area contributed by atoms with Crippen LogP contribution in [0.2, 0.25) is 4.34 Å². The van der Waals surface area contributed by atoms with E-state index in [1.807, 2.05) is 7.05 Å². The first-order chi connectivity index (χ1) is 8.58. The number of hydrogen-bond donors (Lipinski definition) is 0. The lowest BCUT2D eigenvalue weighted by molar-refractivity contribution is 0.250. The molecular formula is C12H13ClFN3S. The molecule has 0 saturated carbocycles. The number of aromatic nitrogens is 2. The maximum absolute atomic E-state index is 12.9. The van der Waals surface area contributed by atoms with E-state index in [1.54, 1.807) is 12.1 Å². The molecule has 0 fully saturated rings. The van der Waals surface area contributed by atoms with Crippen molar-refractivity contribution in [2.45, 2.75) is 19.5 Å². The second-order valence-electron chi connectivity index (χ2n) is 4.14. The molecule has 96 valence electrons. The van der Waals surface area contributed by atoms with E-state index in [-0.39, 0.29) is 11.9 Å². The molecule has 1 aromatic heterocycles. The van der Waals surface area contributed by atoms with Crippen LogP contribution in [0.5, 0.6) is 0 Å². The van der Waals surface area contributed by atoms with Gasteiger partial charge in [-0.2, -0.15) is 0 Å². The van der Waals surface area contributed by atoms with Crippen LogP contribution < -0.4 is 0 Å². The van der Waals surface area contributed by atoms with Gasteiger partial charge in [0.15, 0.2) is 0 Å². The van der Waals surface area contributed by atoms with Crippen LogP contribution in [0.25, 0.3) is 0 Å². The largest absolute Gasteiger partial charge is 0.294 e. The van der Waals surface area contributed by atoms with E-state index in [4.69, 9.17) is 11.6 Å².